The van der Waals surface area contributed by atoms with Crippen LogP contribution in [0, 0.1) is 0 Å². The van der Waals surface area contributed by atoms with Gasteiger partial charge in [-0.2, -0.15) is 0 Å². The van der Waals surface area contributed by atoms with Crippen LogP contribution >= 0.6 is 0 Å². The summed E-state index contributed by atoms with van der Waals surface area (Å²) in [6, 6.07) is 0. The number of ketones is 1. The first-order chi connectivity index (χ1) is 5.22. The van der Waals surface area contributed by atoms with Crippen LogP contribution in [0.15, 0.2) is 0 Å². The topological polar surface area (TPSA) is 60.4 Å². The third-order valence-corrected chi connectivity index (χ3v) is 1.04. The Morgan fingerprint density at radius 2 is 2.09 bits per heavy atom. The van der Waals surface area contributed by atoms with Gasteiger partial charge in [0.25, 0.3) is 0 Å². The largest absolute Gasteiger partial charge is 0.460 e. The van der Waals surface area contributed by atoms with Crippen molar-refractivity contribution in [3.63, 3.8) is 0 Å². The number of esters is 1. The number of Topliss-reactive ketones (excluding diaryl/α,β-unsaturated/α-hetero) is 1. The van der Waals surface area contributed by atoms with Gasteiger partial charge in [-0.1, -0.05) is 13.3 Å². The molecule has 62 valence electrons. The average Bonchev–Trinajstić information content (AvgIpc) is 2.03. The lowest BCUT2D eigenvalue weighted by molar-refractivity contribution is -0.154. The van der Waals surface area contributed by atoms with Gasteiger partial charge in [0.1, 0.15) is 0 Å². The summed E-state index contributed by atoms with van der Waals surface area (Å²) in [5.74, 6) is -2.19. The zero-order valence-electron chi connectivity index (χ0n) is 6.33. The molecule has 0 rings (SSSR count). The van der Waals surface area contributed by atoms with Crippen molar-refractivity contribution in [1.29, 1.82) is 0 Å². The molecule has 0 aromatic carbocycles. The van der Waals surface area contributed by atoms with Gasteiger partial charge in [0.05, 0.1) is 6.61 Å². The molecule has 0 unspecified atom stereocenters. The number of carbonyl (C=O) groups is 3. The lowest BCUT2D eigenvalue weighted by Crippen LogP contribution is -2.18. The average molecular weight is 158 g/mol. The molecule has 0 aliphatic carbocycles. The lowest BCUT2D eigenvalue weighted by atomic mass is 10.3. The number of hydrogen-bond acceptors (Lipinski definition) is 4. The molecule has 0 saturated carbocycles. The molecule has 0 spiro atoms. The molecule has 0 N–H and O–H groups in total. The Bertz CT molecular complexity index is 162. The quantitative estimate of drug-likeness (QED) is 0.187. The molecule has 4 heteroatoms. The van der Waals surface area contributed by atoms with E-state index in [1.807, 2.05) is 6.92 Å². The number of carbonyl (C=O) groups excluding carboxylic acids is 3. The van der Waals surface area contributed by atoms with Crippen LogP contribution in [0.2, 0.25) is 0 Å². The predicted octanol–water partition coefficient (Wildman–Crippen LogP) is 0.0977. The number of unbranched alkanes of at least 4 members (excludes halogenated alkanes) is 1. The fraction of sp³-hybridized carbons (Fsp3) is 0.571. The molecule has 0 bridgehead atoms. The van der Waals surface area contributed by atoms with E-state index in [0.29, 0.717) is 6.42 Å². The number of aldehydes is 1. The normalized spacial score (nSPS) is 8.82. The first-order valence-corrected chi connectivity index (χ1v) is 3.38. The Balaban J connectivity index is 3.52. The summed E-state index contributed by atoms with van der Waals surface area (Å²) in [5.41, 5.74) is 0. The van der Waals surface area contributed by atoms with Crippen molar-refractivity contribution in [2.24, 2.45) is 0 Å². The van der Waals surface area contributed by atoms with Gasteiger partial charge in [0.15, 0.2) is 6.29 Å². The highest BCUT2D eigenvalue weighted by molar-refractivity contribution is 6.55. The number of rotatable bonds is 5. The highest BCUT2D eigenvalue weighted by Gasteiger charge is 2.12. The molecule has 0 heterocycles. The molecular weight excluding hydrogens is 148 g/mol. The molecule has 0 atom stereocenters. The van der Waals surface area contributed by atoms with Gasteiger partial charge in [-0.05, 0) is 6.42 Å². The summed E-state index contributed by atoms with van der Waals surface area (Å²) in [4.78, 5) is 30.4. The second-order valence-corrected chi connectivity index (χ2v) is 1.97. The maximum Gasteiger partial charge on any atom is 0.382 e. The Hall–Kier alpha value is -1.19. The van der Waals surface area contributed by atoms with Crippen molar-refractivity contribution in [2.45, 2.75) is 19.8 Å². The molecule has 0 radical (unpaired) electrons. The molecule has 0 aliphatic heterocycles. The smallest absolute Gasteiger partial charge is 0.382 e. The van der Waals surface area contributed by atoms with E-state index in [1.165, 1.54) is 0 Å². The van der Waals surface area contributed by atoms with Crippen LogP contribution in [-0.4, -0.2) is 24.6 Å². The summed E-state index contributed by atoms with van der Waals surface area (Å²) < 4.78 is 4.42. The highest BCUT2D eigenvalue weighted by atomic mass is 16.5. The SMILES string of the molecule is CCCCOC(=O)C(=O)C=O. The van der Waals surface area contributed by atoms with Gasteiger partial charge >= 0.3 is 11.8 Å². The minimum atomic E-state index is -1.12. The predicted molar refractivity (Wildman–Crippen MR) is 36.9 cm³/mol. The van der Waals surface area contributed by atoms with Crippen LogP contribution in [0.25, 0.3) is 0 Å². The van der Waals surface area contributed by atoms with E-state index in [4.69, 9.17) is 0 Å². The Labute approximate surface area is 64.5 Å². The lowest BCUT2D eigenvalue weighted by Gasteiger charge is -1.97. The van der Waals surface area contributed by atoms with Crippen molar-refractivity contribution in [3.8, 4) is 0 Å². The summed E-state index contributed by atoms with van der Waals surface area (Å²) in [7, 11) is 0. The molecule has 0 aliphatic rings. The zero-order chi connectivity index (χ0) is 8.69. The van der Waals surface area contributed by atoms with E-state index in [1.54, 1.807) is 0 Å². The maximum atomic E-state index is 10.4. The van der Waals surface area contributed by atoms with Crippen molar-refractivity contribution >= 4 is 18.0 Å². The van der Waals surface area contributed by atoms with Crippen LogP contribution in [0.5, 0.6) is 0 Å². The van der Waals surface area contributed by atoms with Crippen LogP contribution in [0.4, 0.5) is 0 Å². The molecule has 0 fully saturated rings. The third kappa shape index (κ3) is 4.25. The van der Waals surface area contributed by atoms with Gasteiger partial charge in [0, 0.05) is 0 Å². The summed E-state index contributed by atoms with van der Waals surface area (Å²) in [6.45, 7) is 2.13. The van der Waals surface area contributed by atoms with Crippen molar-refractivity contribution in [3.05, 3.63) is 0 Å². The second-order valence-electron chi connectivity index (χ2n) is 1.97. The second kappa shape index (κ2) is 5.58. The molecule has 0 saturated heterocycles. The van der Waals surface area contributed by atoms with Gasteiger partial charge in [-0.25, -0.2) is 4.79 Å². The van der Waals surface area contributed by atoms with Gasteiger partial charge in [-0.3, -0.25) is 9.59 Å². The molecule has 0 amide bonds. The fourth-order valence-corrected chi connectivity index (χ4v) is 0.428. The van der Waals surface area contributed by atoms with E-state index in [0.717, 1.165) is 6.42 Å². The van der Waals surface area contributed by atoms with E-state index < -0.39 is 11.8 Å². The van der Waals surface area contributed by atoms with E-state index in [2.05, 4.69) is 4.74 Å². The first-order valence-electron chi connectivity index (χ1n) is 3.38. The van der Waals surface area contributed by atoms with Gasteiger partial charge in [0.2, 0.25) is 0 Å². The van der Waals surface area contributed by atoms with Crippen LogP contribution in [-0.2, 0) is 19.1 Å². The van der Waals surface area contributed by atoms with Gasteiger partial charge in [-0.15, -0.1) is 0 Å². The fourth-order valence-electron chi connectivity index (χ4n) is 0.428. The minimum Gasteiger partial charge on any atom is -0.460 e. The zero-order valence-corrected chi connectivity index (χ0v) is 6.33. The number of hydrogen-bond donors (Lipinski definition) is 0. The summed E-state index contributed by atoms with van der Waals surface area (Å²) in [6.07, 6.45) is 1.54. The monoisotopic (exact) mass is 158 g/mol. The molecule has 0 aromatic heterocycles. The Kier molecular flexibility index (Phi) is 4.98. The van der Waals surface area contributed by atoms with E-state index in [-0.39, 0.29) is 12.9 Å². The Morgan fingerprint density at radius 3 is 2.55 bits per heavy atom. The first kappa shape index (κ1) is 9.81. The maximum absolute atomic E-state index is 10.4. The third-order valence-electron chi connectivity index (χ3n) is 1.04. The van der Waals surface area contributed by atoms with Crippen molar-refractivity contribution < 1.29 is 19.1 Å². The standard InChI is InChI=1S/C7H10O4/c1-2-3-4-11-7(10)6(9)5-8/h5H,2-4H2,1H3. The molecule has 0 aromatic rings. The molecular formula is C7H10O4. The number of ether oxygens (including phenoxy) is 1. The highest BCUT2D eigenvalue weighted by Crippen LogP contribution is 1.88. The van der Waals surface area contributed by atoms with Crippen molar-refractivity contribution in [1.82, 2.24) is 0 Å². The van der Waals surface area contributed by atoms with Crippen molar-refractivity contribution in [2.75, 3.05) is 6.61 Å². The van der Waals surface area contributed by atoms with Crippen LogP contribution < -0.4 is 0 Å². The molecule has 11 heavy (non-hydrogen) atoms. The van der Waals surface area contributed by atoms with Gasteiger partial charge < -0.3 is 4.74 Å². The Morgan fingerprint density at radius 1 is 1.45 bits per heavy atom. The van der Waals surface area contributed by atoms with Crippen LogP contribution in [0.1, 0.15) is 19.8 Å². The minimum absolute atomic E-state index is 0.0473. The summed E-state index contributed by atoms with van der Waals surface area (Å²) >= 11 is 0. The van der Waals surface area contributed by atoms with E-state index in [9.17, 15) is 14.4 Å². The molecule has 4 nitrogen and oxygen atoms in total. The van der Waals surface area contributed by atoms with Crippen LogP contribution in [0.3, 0.4) is 0 Å². The summed E-state index contributed by atoms with van der Waals surface area (Å²) in [5, 5.41) is 0. The van der Waals surface area contributed by atoms with E-state index >= 15 is 0 Å².